The molecule has 0 bridgehead atoms. The summed E-state index contributed by atoms with van der Waals surface area (Å²) in [7, 11) is 1.66. The molecule has 2 aromatic heterocycles. The van der Waals surface area contributed by atoms with Gasteiger partial charge in [-0.05, 0) is 12.0 Å². The normalized spacial score (nSPS) is 11.3. The lowest BCUT2D eigenvalue weighted by Crippen LogP contribution is -2.33. The van der Waals surface area contributed by atoms with Crippen LogP contribution in [0.5, 0.6) is 0 Å². The molecule has 0 aliphatic carbocycles. The fourth-order valence-corrected chi connectivity index (χ4v) is 2.24. The monoisotopic (exact) mass is 319 g/mol. The van der Waals surface area contributed by atoms with E-state index >= 15 is 0 Å². The minimum atomic E-state index is -0.121. The third-order valence-corrected chi connectivity index (χ3v) is 3.35. The van der Waals surface area contributed by atoms with Crippen LogP contribution in [0.25, 0.3) is 11.0 Å². The zero-order valence-corrected chi connectivity index (χ0v) is 14.0. The summed E-state index contributed by atoms with van der Waals surface area (Å²) in [5.41, 5.74) is 1.37. The summed E-state index contributed by atoms with van der Waals surface area (Å²) in [6, 6.07) is 1.83. The van der Waals surface area contributed by atoms with Gasteiger partial charge in [-0.1, -0.05) is 13.8 Å². The van der Waals surface area contributed by atoms with Crippen LogP contribution in [0.3, 0.4) is 0 Å². The minimum absolute atomic E-state index is 0.121. The number of nitrogens with one attached hydrogen (secondary N) is 2. The summed E-state index contributed by atoms with van der Waals surface area (Å²) >= 11 is 0. The number of amides is 1. The van der Waals surface area contributed by atoms with Gasteiger partial charge in [0.25, 0.3) is 5.91 Å². The van der Waals surface area contributed by atoms with Crippen molar-refractivity contribution in [2.45, 2.75) is 20.4 Å². The van der Waals surface area contributed by atoms with Crippen LogP contribution >= 0.6 is 0 Å². The largest absolute Gasteiger partial charge is 0.383 e. The lowest BCUT2D eigenvalue weighted by molar-refractivity contribution is 0.0953. The van der Waals surface area contributed by atoms with Crippen LogP contribution in [0.15, 0.2) is 18.5 Å². The quantitative estimate of drug-likeness (QED) is 0.675. The Bertz CT molecular complexity index is 638. The van der Waals surface area contributed by atoms with Crippen molar-refractivity contribution in [2.75, 3.05) is 33.4 Å². The predicted octanol–water partition coefficient (Wildman–Crippen LogP) is 1.05. The minimum Gasteiger partial charge on any atom is -0.383 e. The molecule has 1 amide bonds. The fourth-order valence-electron chi connectivity index (χ4n) is 2.24. The number of carbonyl (C=O) groups is 1. The lowest BCUT2D eigenvalue weighted by Gasteiger charge is -2.07. The highest BCUT2D eigenvalue weighted by molar-refractivity contribution is 5.96. The van der Waals surface area contributed by atoms with Crippen LogP contribution in [0.1, 0.15) is 24.2 Å². The van der Waals surface area contributed by atoms with E-state index in [9.17, 15) is 4.79 Å². The van der Waals surface area contributed by atoms with Gasteiger partial charge in [-0.15, -0.1) is 0 Å². The Morgan fingerprint density at radius 3 is 2.87 bits per heavy atom. The average molecular weight is 319 g/mol. The first-order valence-electron chi connectivity index (χ1n) is 7.91. The van der Waals surface area contributed by atoms with E-state index in [1.807, 2.05) is 10.7 Å². The fraction of sp³-hybridized carbons (Fsp3) is 0.562. The third kappa shape index (κ3) is 5.01. The van der Waals surface area contributed by atoms with E-state index in [4.69, 9.17) is 4.74 Å². The molecule has 126 valence electrons. The molecule has 0 atom stereocenters. The lowest BCUT2D eigenvalue weighted by atomic mass is 10.2. The van der Waals surface area contributed by atoms with Crippen molar-refractivity contribution in [1.29, 1.82) is 0 Å². The van der Waals surface area contributed by atoms with E-state index < -0.39 is 0 Å². The smallest absolute Gasteiger partial charge is 0.252 e. The summed E-state index contributed by atoms with van der Waals surface area (Å²) in [4.78, 5) is 16.5. The van der Waals surface area contributed by atoms with E-state index in [2.05, 4.69) is 34.6 Å². The van der Waals surface area contributed by atoms with Crippen LogP contribution in [-0.2, 0) is 11.3 Å². The number of methoxy groups -OCH3 is 1. The molecule has 0 aliphatic heterocycles. The number of nitrogens with zero attached hydrogens (tertiary/aromatic N) is 3. The number of rotatable bonds is 9. The van der Waals surface area contributed by atoms with E-state index in [0.29, 0.717) is 31.2 Å². The molecule has 2 heterocycles. The Balaban J connectivity index is 1.91. The average Bonchev–Trinajstić information content (AvgIpc) is 2.92. The van der Waals surface area contributed by atoms with Gasteiger partial charge in [0.1, 0.15) is 0 Å². The van der Waals surface area contributed by atoms with Gasteiger partial charge >= 0.3 is 0 Å². The number of hydrogen-bond donors (Lipinski definition) is 2. The molecular formula is C16H25N5O2. The molecule has 0 spiro atoms. The number of carbonyl (C=O) groups excluding carboxylic acids is 1. The van der Waals surface area contributed by atoms with Crippen LogP contribution in [0.4, 0.5) is 0 Å². The Morgan fingerprint density at radius 2 is 2.13 bits per heavy atom. The van der Waals surface area contributed by atoms with E-state index in [-0.39, 0.29) is 5.91 Å². The van der Waals surface area contributed by atoms with Gasteiger partial charge in [0.15, 0.2) is 5.65 Å². The van der Waals surface area contributed by atoms with Crippen LogP contribution in [0, 0.1) is 5.92 Å². The summed E-state index contributed by atoms with van der Waals surface area (Å²) in [5, 5.41) is 11.3. The van der Waals surface area contributed by atoms with Crippen molar-refractivity contribution < 1.29 is 9.53 Å². The molecule has 7 nitrogen and oxygen atoms in total. The highest BCUT2D eigenvalue weighted by atomic mass is 16.5. The van der Waals surface area contributed by atoms with Crippen LogP contribution in [0.2, 0.25) is 0 Å². The number of fused-ring (bicyclic) bond motifs is 1. The zero-order valence-electron chi connectivity index (χ0n) is 14.0. The molecule has 0 saturated carbocycles. The maximum Gasteiger partial charge on any atom is 0.252 e. The molecule has 2 rings (SSSR count). The van der Waals surface area contributed by atoms with Gasteiger partial charge in [-0.2, -0.15) is 5.10 Å². The highest BCUT2D eigenvalue weighted by Crippen LogP contribution is 2.14. The van der Waals surface area contributed by atoms with Gasteiger partial charge in [0, 0.05) is 44.9 Å². The standard InChI is InChI=1S/C16H25N5O2/c1-12(2)11-21-15-13(10-20-21)8-14(9-19-15)16(22)18-5-4-17-6-7-23-3/h8-10,12,17H,4-7,11H2,1-3H3,(H,18,22). The Labute approximate surface area is 136 Å². The van der Waals surface area contributed by atoms with Crippen molar-refractivity contribution in [2.24, 2.45) is 5.92 Å². The SMILES string of the molecule is COCCNCCNC(=O)c1cnc2c(cnn2CC(C)C)c1. The molecule has 2 N–H and O–H groups in total. The second-order valence-corrected chi connectivity index (χ2v) is 5.86. The second-order valence-electron chi connectivity index (χ2n) is 5.86. The first kappa shape index (κ1) is 17.4. The summed E-state index contributed by atoms with van der Waals surface area (Å²) in [5.74, 6) is 0.373. The number of pyridine rings is 1. The van der Waals surface area contributed by atoms with Crippen LogP contribution in [-0.4, -0.2) is 54.0 Å². The first-order chi connectivity index (χ1) is 11.1. The van der Waals surface area contributed by atoms with Gasteiger partial charge in [-0.3, -0.25) is 4.79 Å². The van der Waals surface area contributed by atoms with Gasteiger partial charge in [0.05, 0.1) is 18.4 Å². The number of ether oxygens (including phenoxy) is 1. The molecule has 2 aromatic rings. The molecule has 0 saturated heterocycles. The van der Waals surface area contributed by atoms with Gasteiger partial charge in [0.2, 0.25) is 0 Å². The van der Waals surface area contributed by atoms with E-state index in [0.717, 1.165) is 24.1 Å². The number of aromatic nitrogens is 3. The molecule has 0 fully saturated rings. The molecule has 23 heavy (non-hydrogen) atoms. The molecular weight excluding hydrogens is 294 g/mol. The Kier molecular flexibility index (Phi) is 6.49. The Morgan fingerprint density at radius 1 is 1.30 bits per heavy atom. The maximum absolute atomic E-state index is 12.1. The van der Waals surface area contributed by atoms with Gasteiger partial charge < -0.3 is 15.4 Å². The van der Waals surface area contributed by atoms with Crippen molar-refractivity contribution in [3.63, 3.8) is 0 Å². The van der Waals surface area contributed by atoms with Crippen molar-refractivity contribution in [1.82, 2.24) is 25.4 Å². The molecule has 0 radical (unpaired) electrons. The molecule has 0 aromatic carbocycles. The van der Waals surface area contributed by atoms with E-state index in [1.165, 1.54) is 0 Å². The first-order valence-corrected chi connectivity index (χ1v) is 7.91. The summed E-state index contributed by atoms with van der Waals surface area (Å²) in [6.45, 7) is 7.79. The number of hydrogen-bond acceptors (Lipinski definition) is 5. The van der Waals surface area contributed by atoms with Crippen LogP contribution < -0.4 is 10.6 Å². The predicted molar refractivity (Wildman–Crippen MR) is 89.4 cm³/mol. The topological polar surface area (TPSA) is 81.1 Å². The zero-order chi connectivity index (χ0) is 16.7. The Hall–Kier alpha value is -1.99. The maximum atomic E-state index is 12.1. The summed E-state index contributed by atoms with van der Waals surface area (Å²) in [6.07, 6.45) is 3.36. The van der Waals surface area contributed by atoms with Crippen molar-refractivity contribution in [3.8, 4) is 0 Å². The molecule has 0 aliphatic rings. The summed E-state index contributed by atoms with van der Waals surface area (Å²) < 4.78 is 6.82. The van der Waals surface area contributed by atoms with Crippen molar-refractivity contribution >= 4 is 16.9 Å². The van der Waals surface area contributed by atoms with Gasteiger partial charge in [-0.25, -0.2) is 9.67 Å². The molecule has 0 unspecified atom stereocenters. The van der Waals surface area contributed by atoms with E-state index in [1.54, 1.807) is 19.5 Å². The molecule has 7 heteroatoms. The van der Waals surface area contributed by atoms with Crippen molar-refractivity contribution in [3.05, 3.63) is 24.0 Å². The second kappa shape index (κ2) is 8.59. The highest BCUT2D eigenvalue weighted by Gasteiger charge is 2.10. The third-order valence-electron chi connectivity index (χ3n) is 3.35.